The minimum atomic E-state index is -3.66. The number of esters is 1. The molecule has 1 aliphatic heterocycles. The van der Waals surface area contributed by atoms with E-state index in [0.717, 1.165) is 30.4 Å². The highest BCUT2D eigenvalue weighted by atomic mass is 32.2. The normalized spacial score (nSPS) is 14.4. The summed E-state index contributed by atoms with van der Waals surface area (Å²) in [7, 11) is -3.66. The van der Waals surface area contributed by atoms with Crippen molar-refractivity contribution in [2.45, 2.75) is 31.1 Å². The van der Waals surface area contributed by atoms with Crippen LogP contribution in [0.3, 0.4) is 0 Å². The Hall–Kier alpha value is -3.47. The van der Waals surface area contributed by atoms with Gasteiger partial charge in [0.1, 0.15) is 5.75 Å². The molecule has 0 aliphatic carbocycles. The van der Waals surface area contributed by atoms with Crippen LogP contribution in [0.1, 0.15) is 40.7 Å². The molecule has 0 N–H and O–H groups in total. The lowest BCUT2D eigenvalue weighted by Gasteiger charge is -2.26. The fraction of sp³-hybridized carbons (Fsp3) is 0.231. The molecular weight excluding hydrogens is 436 g/mol. The van der Waals surface area contributed by atoms with E-state index in [1.54, 1.807) is 43.3 Å². The molecule has 0 atom stereocenters. The van der Waals surface area contributed by atoms with Gasteiger partial charge in [-0.15, -0.1) is 0 Å². The first-order valence-electron chi connectivity index (χ1n) is 10.8. The van der Waals surface area contributed by atoms with Gasteiger partial charge in [-0.2, -0.15) is 9.57 Å². The summed E-state index contributed by atoms with van der Waals surface area (Å²) >= 11 is 0. The molecule has 0 bridgehead atoms. The quantitative estimate of drug-likeness (QED) is 0.398. The molecule has 1 saturated heterocycles. The van der Waals surface area contributed by atoms with Crippen LogP contribution in [0.5, 0.6) is 5.75 Å². The predicted molar refractivity (Wildman–Crippen MR) is 125 cm³/mol. The SMILES string of the molecule is Cc1ccc(C(=O)Oc2ccc(-c3ccc(C#N)cc3)cc2)cc1S(=O)(=O)N1CCCCC1. The number of hydrogen-bond acceptors (Lipinski definition) is 5. The van der Waals surface area contributed by atoms with E-state index in [-0.39, 0.29) is 10.5 Å². The Labute approximate surface area is 194 Å². The lowest BCUT2D eigenvalue weighted by atomic mass is 10.0. The highest BCUT2D eigenvalue weighted by Gasteiger charge is 2.28. The van der Waals surface area contributed by atoms with Gasteiger partial charge in [0.25, 0.3) is 0 Å². The van der Waals surface area contributed by atoms with Crippen LogP contribution in [0.25, 0.3) is 11.1 Å². The van der Waals surface area contributed by atoms with E-state index in [1.165, 1.54) is 10.4 Å². The zero-order chi connectivity index (χ0) is 23.4. The molecule has 1 heterocycles. The van der Waals surface area contributed by atoms with Crippen molar-refractivity contribution in [2.75, 3.05) is 13.1 Å². The summed E-state index contributed by atoms with van der Waals surface area (Å²) in [5.74, 6) is -0.255. The summed E-state index contributed by atoms with van der Waals surface area (Å²) < 4.78 is 33.2. The van der Waals surface area contributed by atoms with Crippen molar-refractivity contribution < 1.29 is 17.9 Å². The van der Waals surface area contributed by atoms with E-state index < -0.39 is 16.0 Å². The number of sulfonamides is 1. The fourth-order valence-corrected chi connectivity index (χ4v) is 5.64. The van der Waals surface area contributed by atoms with Gasteiger partial charge in [-0.25, -0.2) is 13.2 Å². The van der Waals surface area contributed by atoms with E-state index in [1.807, 2.05) is 24.3 Å². The Morgan fingerprint density at radius 1 is 0.909 bits per heavy atom. The molecule has 0 unspecified atom stereocenters. The molecule has 1 aliphatic rings. The molecule has 1 fully saturated rings. The first-order chi connectivity index (χ1) is 15.9. The second-order valence-corrected chi connectivity index (χ2v) is 9.95. The van der Waals surface area contributed by atoms with Crippen LogP contribution in [0.2, 0.25) is 0 Å². The molecule has 3 aromatic rings. The Bertz CT molecular complexity index is 1300. The third-order valence-corrected chi connectivity index (χ3v) is 7.81. The molecule has 7 heteroatoms. The van der Waals surface area contributed by atoms with Crippen molar-refractivity contribution in [1.82, 2.24) is 4.31 Å². The van der Waals surface area contributed by atoms with Crippen LogP contribution in [-0.2, 0) is 10.0 Å². The van der Waals surface area contributed by atoms with Gasteiger partial charge in [-0.3, -0.25) is 0 Å². The molecule has 33 heavy (non-hydrogen) atoms. The second kappa shape index (κ2) is 9.57. The number of carbonyl (C=O) groups is 1. The lowest BCUT2D eigenvalue weighted by Crippen LogP contribution is -2.36. The maximum Gasteiger partial charge on any atom is 0.343 e. The third-order valence-electron chi connectivity index (χ3n) is 5.77. The van der Waals surface area contributed by atoms with Gasteiger partial charge >= 0.3 is 5.97 Å². The molecule has 0 aromatic heterocycles. The van der Waals surface area contributed by atoms with Crippen LogP contribution < -0.4 is 4.74 Å². The second-order valence-electron chi connectivity index (χ2n) is 8.05. The molecule has 4 rings (SSSR count). The minimum absolute atomic E-state index is 0.148. The van der Waals surface area contributed by atoms with Crippen LogP contribution in [-0.4, -0.2) is 31.8 Å². The predicted octanol–water partition coefficient (Wildman–Crippen LogP) is 4.93. The summed E-state index contributed by atoms with van der Waals surface area (Å²) in [5.41, 5.74) is 3.24. The maximum absolute atomic E-state index is 13.1. The molecule has 0 spiro atoms. The number of ether oxygens (including phenoxy) is 1. The minimum Gasteiger partial charge on any atom is -0.423 e. The summed E-state index contributed by atoms with van der Waals surface area (Å²) in [5, 5.41) is 8.92. The van der Waals surface area contributed by atoms with Crippen LogP contribution in [0.15, 0.2) is 71.6 Å². The van der Waals surface area contributed by atoms with Gasteiger partial charge < -0.3 is 4.74 Å². The topological polar surface area (TPSA) is 87.5 Å². The van der Waals surface area contributed by atoms with E-state index in [0.29, 0.717) is 30.0 Å². The lowest BCUT2D eigenvalue weighted by molar-refractivity contribution is 0.0734. The standard InChI is InChI=1S/C26H24N2O4S/c1-19-5-8-23(17-25(19)33(30,31)28-15-3-2-4-16-28)26(29)32-24-13-11-22(12-14-24)21-9-6-20(18-27)7-10-21/h5-14,17H,2-4,15-16H2,1H3. The zero-order valence-corrected chi connectivity index (χ0v) is 19.1. The summed E-state index contributed by atoms with van der Waals surface area (Å²) in [6.45, 7) is 2.73. The van der Waals surface area contributed by atoms with Gasteiger partial charge in [0.2, 0.25) is 10.0 Å². The van der Waals surface area contributed by atoms with Crippen molar-refractivity contribution in [1.29, 1.82) is 5.26 Å². The number of nitriles is 1. The van der Waals surface area contributed by atoms with Crippen molar-refractivity contribution in [3.63, 3.8) is 0 Å². The molecule has 0 amide bonds. The first-order valence-corrected chi connectivity index (χ1v) is 12.3. The van der Waals surface area contributed by atoms with Gasteiger partial charge in [0.05, 0.1) is 22.1 Å². The monoisotopic (exact) mass is 460 g/mol. The van der Waals surface area contributed by atoms with Crippen molar-refractivity contribution >= 4 is 16.0 Å². The summed E-state index contributed by atoms with van der Waals surface area (Å²) in [6, 6.07) is 20.9. The van der Waals surface area contributed by atoms with E-state index in [2.05, 4.69) is 6.07 Å². The van der Waals surface area contributed by atoms with Gasteiger partial charge in [0.15, 0.2) is 0 Å². The van der Waals surface area contributed by atoms with E-state index >= 15 is 0 Å². The number of hydrogen-bond donors (Lipinski definition) is 0. The van der Waals surface area contributed by atoms with Crippen LogP contribution in [0, 0.1) is 18.3 Å². The Morgan fingerprint density at radius 3 is 2.12 bits per heavy atom. The maximum atomic E-state index is 13.1. The van der Waals surface area contributed by atoms with E-state index in [9.17, 15) is 13.2 Å². The van der Waals surface area contributed by atoms with Crippen molar-refractivity contribution in [2.24, 2.45) is 0 Å². The number of nitrogens with zero attached hydrogens (tertiary/aromatic N) is 2. The smallest absolute Gasteiger partial charge is 0.343 e. The highest BCUT2D eigenvalue weighted by Crippen LogP contribution is 2.26. The number of benzene rings is 3. The van der Waals surface area contributed by atoms with Gasteiger partial charge in [-0.05, 0) is 72.9 Å². The fourth-order valence-electron chi connectivity index (χ4n) is 3.87. The number of aryl methyl sites for hydroxylation is 1. The Kier molecular flexibility index (Phi) is 6.59. The molecule has 0 saturated carbocycles. The molecule has 3 aromatic carbocycles. The average Bonchev–Trinajstić information content (AvgIpc) is 2.85. The van der Waals surface area contributed by atoms with Crippen LogP contribution >= 0.6 is 0 Å². The Balaban J connectivity index is 1.51. The largest absolute Gasteiger partial charge is 0.423 e. The number of piperidine rings is 1. The molecule has 168 valence electrons. The molecular formula is C26H24N2O4S. The van der Waals surface area contributed by atoms with Crippen LogP contribution in [0.4, 0.5) is 0 Å². The summed E-state index contributed by atoms with van der Waals surface area (Å²) in [4.78, 5) is 12.9. The average molecular weight is 461 g/mol. The number of carbonyl (C=O) groups excluding carboxylic acids is 1. The first kappa shape index (κ1) is 22.7. The van der Waals surface area contributed by atoms with Gasteiger partial charge in [-0.1, -0.05) is 36.8 Å². The van der Waals surface area contributed by atoms with E-state index in [4.69, 9.17) is 10.00 Å². The highest BCUT2D eigenvalue weighted by molar-refractivity contribution is 7.89. The molecule has 6 nitrogen and oxygen atoms in total. The third kappa shape index (κ3) is 4.98. The van der Waals surface area contributed by atoms with Crippen molar-refractivity contribution in [3.8, 4) is 22.9 Å². The molecule has 0 radical (unpaired) electrons. The zero-order valence-electron chi connectivity index (χ0n) is 18.3. The van der Waals surface area contributed by atoms with Gasteiger partial charge in [0, 0.05) is 13.1 Å². The summed E-state index contributed by atoms with van der Waals surface area (Å²) in [6.07, 6.45) is 2.72. The number of rotatable bonds is 5. The Morgan fingerprint density at radius 2 is 1.52 bits per heavy atom. The van der Waals surface area contributed by atoms with Crippen molar-refractivity contribution in [3.05, 3.63) is 83.4 Å².